The Labute approximate surface area is 91.8 Å². The lowest BCUT2D eigenvalue weighted by Crippen LogP contribution is -2.43. The van der Waals surface area contributed by atoms with Crippen LogP contribution in [-0.4, -0.2) is 58.0 Å². The molecule has 0 aromatic rings. The standard InChI is InChI=1S/C10H13FN2O3/c11-7-6(4-14)9(15)10(16)8(7)13-3-1-2-12-5-13/h1-3,8-10,14-16H,4-5H2/t8-,9-,10+/m1/s1. The molecule has 0 unspecified atom stereocenters. The Hall–Kier alpha value is -1.24. The van der Waals surface area contributed by atoms with E-state index in [0.29, 0.717) is 0 Å². The number of allylic oxidation sites excluding steroid dienone is 1. The highest BCUT2D eigenvalue weighted by atomic mass is 19.1. The maximum Gasteiger partial charge on any atom is 0.129 e. The maximum absolute atomic E-state index is 13.8. The van der Waals surface area contributed by atoms with Crippen molar-refractivity contribution < 1.29 is 19.7 Å². The summed E-state index contributed by atoms with van der Waals surface area (Å²) in [4.78, 5) is 5.40. The van der Waals surface area contributed by atoms with Crippen LogP contribution >= 0.6 is 0 Å². The van der Waals surface area contributed by atoms with E-state index in [9.17, 15) is 14.6 Å². The number of nitrogens with zero attached hydrogens (tertiary/aromatic N) is 2. The predicted octanol–water partition coefficient (Wildman–Crippen LogP) is -0.836. The Balaban J connectivity index is 2.24. The van der Waals surface area contributed by atoms with E-state index in [4.69, 9.17) is 5.11 Å². The third-order valence-corrected chi connectivity index (χ3v) is 2.81. The fourth-order valence-electron chi connectivity index (χ4n) is 1.95. The van der Waals surface area contributed by atoms with Crippen LogP contribution in [-0.2, 0) is 0 Å². The average molecular weight is 228 g/mol. The predicted molar refractivity (Wildman–Crippen MR) is 55.4 cm³/mol. The zero-order valence-corrected chi connectivity index (χ0v) is 8.49. The highest BCUT2D eigenvalue weighted by molar-refractivity contribution is 5.71. The molecule has 6 heteroatoms. The van der Waals surface area contributed by atoms with Crippen LogP contribution in [0.3, 0.4) is 0 Å². The summed E-state index contributed by atoms with van der Waals surface area (Å²) >= 11 is 0. The summed E-state index contributed by atoms with van der Waals surface area (Å²) in [6.07, 6.45) is 2.15. The average Bonchev–Trinajstić information content (AvgIpc) is 2.51. The minimum absolute atomic E-state index is 0.152. The van der Waals surface area contributed by atoms with Crippen molar-refractivity contribution in [3.63, 3.8) is 0 Å². The zero-order valence-electron chi connectivity index (χ0n) is 8.49. The number of aliphatic imine (C=N–C) groups is 1. The highest BCUT2D eigenvalue weighted by Crippen LogP contribution is 2.32. The van der Waals surface area contributed by atoms with Gasteiger partial charge in [-0.2, -0.15) is 0 Å². The molecule has 2 rings (SSSR count). The Morgan fingerprint density at radius 1 is 1.50 bits per heavy atom. The second kappa shape index (κ2) is 4.32. The molecule has 0 radical (unpaired) electrons. The smallest absolute Gasteiger partial charge is 0.129 e. The topological polar surface area (TPSA) is 76.3 Å². The molecule has 3 N–H and O–H groups in total. The molecule has 1 aliphatic heterocycles. The summed E-state index contributed by atoms with van der Waals surface area (Å²) < 4.78 is 13.8. The number of rotatable bonds is 2. The Bertz CT molecular complexity index is 367. The summed E-state index contributed by atoms with van der Waals surface area (Å²) in [6.45, 7) is -0.377. The van der Waals surface area contributed by atoms with E-state index in [0.717, 1.165) is 0 Å². The number of aliphatic hydroxyl groups is 3. The van der Waals surface area contributed by atoms with E-state index in [-0.39, 0.29) is 12.2 Å². The molecule has 1 aliphatic carbocycles. The van der Waals surface area contributed by atoms with Gasteiger partial charge in [0.15, 0.2) is 0 Å². The van der Waals surface area contributed by atoms with Crippen LogP contribution in [0.1, 0.15) is 0 Å². The van der Waals surface area contributed by atoms with E-state index in [2.05, 4.69) is 4.99 Å². The van der Waals surface area contributed by atoms with Crippen molar-refractivity contribution in [3.05, 3.63) is 23.7 Å². The molecule has 3 atom stereocenters. The van der Waals surface area contributed by atoms with Gasteiger partial charge in [-0.25, -0.2) is 4.39 Å². The summed E-state index contributed by atoms with van der Waals surface area (Å²) in [5.74, 6) is -0.677. The second-order valence-corrected chi connectivity index (χ2v) is 3.74. The molecule has 0 spiro atoms. The van der Waals surface area contributed by atoms with Gasteiger partial charge in [0, 0.05) is 18.0 Å². The Morgan fingerprint density at radius 3 is 2.75 bits per heavy atom. The minimum atomic E-state index is -1.35. The van der Waals surface area contributed by atoms with Gasteiger partial charge < -0.3 is 20.2 Å². The molecule has 0 aromatic carbocycles. The van der Waals surface area contributed by atoms with Crippen molar-refractivity contribution >= 4 is 6.21 Å². The maximum atomic E-state index is 13.8. The minimum Gasteiger partial charge on any atom is -0.392 e. The van der Waals surface area contributed by atoms with Gasteiger partial charge >= 0.3 is 0 Å². The van der Waals surface area contributed by atoms with Crippen LogP contribution in [0.15, 0.2) is 28.7 Å². The summed E-state index contributed by atoms with van der Waals surface area (Å²) in [6, 6.07) is -0.967. The van der Waals surface area contributed by atoms with Crippen LogP contribution in [0.4, 0.5) is 4.39 Å². The van der Waals surface area contributed by atoms with Crippen LogP contribution in [0.5, 0.6) is 0 Å². The van der Waals surface area contributed by atoms with Gasteiger partial charge in [0.05, 0.1) is 6.61 Å². The summed E-state index contributed by atoms with van der Waals surface area (Å²) in [5, 5.41) is 28.1. The van der Waals surface area contributed by atoms with E-state index in [1.165, 1.54) is 4.90 Å². The van der Waals surface area contributed by atoms with Crippen LogP contribution in [0, 0.1) is 0 Å². The second-order valence-electron chi connectivity index (χ2n) is 3.74. The Morgan fingerprint density at radius 2 is 2.25 bits per heavy atom. The molecular formula is C10H13FN2O3. The molecule has 16 heavy (non-hydrogen) atoms. The molecule has 5 nitrogen and oxygen atoms in total. The van der Waals surface area contributed by atoms with Crippen molar-refractivity contribution in [3.8, 4) is 0 Å². The van der Waals surface area contributed by atoms with Crippen molar-refractivity contribution in [1.29, 1.82) is 0 Å². The van der Waals surface area contributed by atoms with Gasteiger partial charge in [0.2, 0.25) is 0 Å². The molecule has 0 bridgehead atoms. The summed E-state index contributed by atoms with van der Waals surface area (Å²) in [5.41, 5.74) is -0.152. The number of aliphatic hydroxyl groups excluding tert-OH is 3. The monoisotopic (exact) mass is 228 g/mol. The first kappa shape index (κ1) is 11.3. The van der Waals surface area contributed by atoms with Gasteiger partial charge in [-0.1, -0.05) is 0 Å². The Kier molecular flexibility index (Phi) is 3.04. The third-order valence-electron chi connectivity index (χ3n) is 2.81. The number of hydrogen-bond donors (Lipinski definition) is 3. The van der Waals surface area contributed by atoms with Gasteiger partial charge in [0.25, 0.3) is 0 Å². The first-order chi connectivity index (χ1) is 7.66. The van der Waals surface area contributed by atoms with E-state index in [1.54, 1.807) is 18.5 Å². The van der Waals surface area contributed by atoms with Crippen molar-refractivity contribution in [2.45, 2.75) is 18.2 Å². The molecule has 0 saturated carbocycles. The third kappa shape index (κ3) is 1.64. The largest absolute Gasteiger partial charge is 0.392 e. The number of halogens is 1. The first-order valence-corrected chi connectivity index (χ1v) is 4.94. The molecule has 0 amide bonds. The number of hydrogen-bond acceptors (Lipinski definition) is 5. The molecule has 0 fully saturated rings. The lowest BCUT2D eigenvalue weighted by molar-refractivity contribution is 0.0107. The van der Waals surface area contributed by atoms with Gasteiger partial charge in [-0.3, -0.25) is 4.99 Å². The SMILES string of the molecule is OCC1=C(F)[C@@H](N2C=CC=NC2)[C@H](O)[C@@H]1O. The molecular weight excluding hydrogens is 215 g/mol. The first-order valence-electron chi connectivity index (χ1n) is 4.94. The van der Waals surface area contributed by atoms with E-state index in [1.807, 2.05) is 0 Å². The fourth-order valence-corrected chi connectivity index (χ4v) is 1.95. The lowest BCUT2D eigenvalue weighted by atomic mass is 10.1. The lowest BCUT2D eigenvalue weighted by Gasteiger charge is -2.29. The van der Waals surface area contributed by atoms with Gasteiger partial charge in [-0.05, 0) is 6.08 Å². The fraction of sp³-hybridized carbons (Fsp3) is 0.500. The molecule has 2 aliphatic rings. The molecule has 1 heterocycles. The van der Waals surface area contributed by atoms with E-state index < -0.39 is 30.7 Å². The highest BCUT2D eigenvalue weighted by Gasteiger charge is 2.43. The molecule has 0 saturated heterocycles. The van der Waals surface area contributed by atoms with Crippen LogP contribution in [0.25, 0.3) is 0 Å². The molecule has 0 aromatic heterocycles. The van der Waals surface area contributed by atoms with Crippen LogP contribution < -0.4 is 0 Å². The van der Waals surface area contributed by atoms with E-state index >= 15 is 0 Å². The summed E-state index contributed by atoms with van der Waals surface area (Å²) in [7, 11) is 0. The van der Waals surface area contributed by atoms with Crippen molar-refractivity contribution in [2.75, 3.05) is 13.3 Å². The van der Waals surface area contributed by atoms with Gasteiger partial charge in [0.1, 0.15) is 30.7 Å². The van der Waals surface area contributed by atoms with Crippen molar-refractivity contribution in [2.24, 2.45) is 4.99 Å². The van der Waals surface area contributed by atoms with Gasteiger partial charge in [-0.15, -0.1) is 0 Å². The zero-order chi connectivity index (χ0) is 11.7. The molecule has 88 valence electrons. The normalized spacial score (nSPS) is 34.0. The quantitative estimate of drug-likeness (QED) is 0.576. The van der Waals surface area contributed by atoms with Crippen LogP contribution in [0.2, 0.25) is 0 Å². The van der Waals surface area contributed by atoms with Crippen molar-refractivity contribution in [1.82, 2.24) is 4.90 Å².